The Balaban J connectivity index is 1.92. The summed E-state index contributed by atoms with van der Waals surface area (Å²) < 4.78 is 0. The van der Waals surface area contributed by atoms with Gasteiger partial charge in [-0.05, 0) is 45.0 Å². The van der Waals surface area contributed by atoms with Gasteiger partial charge in [-0.15, -0.1) is 0 Å². The number of primary amides is 1. The fraction of sp³-hybridized carbons (Fsp3) is 0.467. The van der Waals surface area contributed by atoms with E-state index in [1.807, 2.05) is 19.1 Å². The summed E-state index contributed by atoms with van der Waals surface area (Å²) in [6.07, 6.45) is 1.41. The molecular weight excluding hydrogens is 290 g/mol. The zero-order valence-electron chi connectivity index (χ0n) is 12.0. The first-order valence-electron chi connectivity index (χ1n) is 7.08. The molecule has 0 aromatic heterocycles. The van der Waals surface area contributed by atoms with Crippen LogP contribution < -0.4 is 11.1 Å². The third kappa shape index (κ3) is 3.95. The summed E-state index contributed by atoms with van der Waals surface area (Å²) in [6.45, 7) is 3.26. The molecule has 0 unspecified atom stereocenters. The molecule has 6 heteroatoms. The van der Waals surface area contributed by atoms with Crippen LogP contribution in [0.1, 0.15) is 19.8 Å². The smallest absolute Gasteiger partial charge is 0.241 e. The number of piperidine rings is 1. The van der Waals surface area contributed by atoms with E-state index in [1.54, 1.807) is 12.1 Å². The van der Waals surface area contributed by atoms with Crippen molar-refractivity contribution in [3.63, 3.8) is 0 Å². The Morgan fingerprint density at radius 3 is 2.52 bits per heavy atom. The third-order valence-electron chi connectivity index (χ3n) is 3.99. The maximum Gasteiger partial charge on any atom is 0.241 e. The summed E-state index contributed by atoms with van der Waals surface area (Å²) in [6, 6.07) is 6.88. The van der Waals surface area contributed by atoms with Gasteiger partial charge in [0.2, 0.25) is 11.8 Å². The van der Waals surface area contributed by atoms with Crippen LogP contribution in [-0.2, 0) is 9.59 Å². The van der Waals surface area contributed by atoms with Crippen molar-refractivity contribution in [1.82, 2.24) is 4.90 Å². The van der Waals surface area contributed by atoms with Crippen molar-refractivity contribution in [2.75, 3.05) is 18.4 Å². The average molecular weight is 310 g/mol. The maximum absolute atomic E-state index is 12.3. The van der Waals surface area contributed by atoms with Crippen LogP contribution in [0, 0.1) is 5.92 Å². The van der Waals surface area contributed by atoms with E-state index in [4.69, 9.17) is 17.3 Å². The van der Waals surface area contributed by atoms with Gasteiger partial charge < -0.3 is 11.1 Å². The van der Waals surface area contributed by atoms with Crippen LogP contribution in [0.2, 0.25) is 5.02 Å². The van der Waals surface area contributed by atoms with Crippen LogP contribution in [-0.4, -0.2) is 35.8 Å². The Labute approximate surface area is 129 Å². The molecule has 5 nitrogen and oxygen atoms in total. The highest BCUT2D eigenvalue weighted by atomic mass is 35.5. The van der Waals surface area contributed by atoms with Crippen molar-refractivity contribution in [3.8, 4) is 0 Å². The highest BCUT2D eigenvalue weighted by Crippen LogP contribution is 2.22. The van der Waals surface area contributed by atoms with Gasteiger partial charge in [0.25, 0.3) is 0 Å². The predicted molar refractivity (Wildman–Crippen MR) is 83.0 cm³/mol. The van der Waals surface area contributed by atoms with Crippen LogP contribution in [0.5, 0.6) is 0 Å². The number of nitrogens with two attached hydrogens (primary N) is 1. The van der Waals surface area contributed by atoms with Crippen molar-refractivity contribution in [2.45, 2.75) is 25.8 Å². The molecular formula is C15H20ClN3O2. The fourth-order valence-electron chi connectivity index (χ4n) is 2.54. The van der Waals surface area contributed by atoms with Gasteiger partial charge in [-0.2, -0.15) is 0 Å². The Hall–Kier alpha value is -1.59. The van der Waals surface area contributed by atoms with Crippen molar-refractivity contribution in [3.05, 3.63) is 29.3 Å². The standard InChI is InChI=1S/C15H20ClN3O2/c1-10(19-8-6-11(7-9-19)14(17)20)15(21)18-13-5-3-2-4-12(13)16/h2-5,10-11H,6-9H2,1H3,(H2,17,20)(H,18,21)/t10-/m0/s1. The summed E-state index contributed by atoms with van der Waals surface area (Å²) in [5.41, 5.74) is 5.93. The number of hydrogen-bond acceptors (Lipinski definition) is 3. The summed E-state index contributed by atoms with van der Waals surface area (Å²) in [7, 11) is 0. The van der Waals surface area contributed by atoms with E-state index in [9.17, 15) is 9.59 Å². The normalized spacial score (nSPS) is 18.2. The molecule has 1 atom stereocenters. The topological polar surface area (TPSA) is 75.4 Å². The van der Waals surface area contributed by atoms with Crippen LogP contribution >= 0.6 is 11.6 Å². The SMILES string of the molecule is C[C@@H](C(=O)Nc1ccccc1Cl)N1CCC(C(N)=O)CC1. The maximum atomic E-state index is 12.3. The third-order valence-corrected chi connectivity index (χ3v) is 4.32. The van der Waals surface area contributed by atoms with E-state index in [1.165, 1.54) is 0 Å². The molecule has 2 amide bonds. The van der Waals surface area contributed by atoms with Gasteiger partial charge in [0, 0.05) is 5.92 Å². The lowest BCUT2D eigenvalue weighted by Gasteiger charge is -2.34. The zero-order valence-corrected chi connectivity index (χ0v) is 12.8. The van der Waals surface area contributed by atoms with E-state index in [0.717, 1.165) is 0 Å². The quantitative estimate of drug-likeness (QED) is 0.891. The molecule has 0 aliphatic carbocycles. The lowest BCUT2D eigenvalue weighted by molar-refractivity contribution is -0.124. The van der Waals surface area contributed by atoms with Crippen molar-refractivity contribution in [1.29, 1.82) is 0 Å². The molecule has 1 saturated heterocycles. The first kappa shape index (κ1) is 15.8. The second kappa shape index (κ2) is 6.91. The minimum Gasteiger partial charge on any atom is -0.369 e. The molecule has 114 valence electrons. The Bertz CT molecular complexity index is 527. The molecule has 2 rings (SSSR count). The second-order valence-electron chi connectivity index (χ2n) is 5.36. The van der Waals surface area contributed by atoms with E-state index < -0.39 is 0 Å². The van der Waals surface area contributed by atoms with E-state index >= 15 is 0 Å². The molecule has 0 spiro atoms. The minimum absolute atomic E-state index is 0.0694. The number of amides is 2. The van der Waals surface area contributed by atoms with Crippen LogP contribution in [0.4, 0.5) is 5.69 Å². The first-order valence-corrected chi connectivity index (χ1v) is 7.45. The van der Waals surface area contributed by atoms with Gasteiger partial charge in [-0.3, -0.25) is 14.5 Å². The number of benzene rings is 1. The van der Waals surface area contributed by atoms with Crippen molar-refractivity contribution < 1.29 is 9.59 Å². The number of nitrogens with zero attached hydrogens (tertiary/aromatic N) is 1. The second-order valence-corrected chi connectivity index (χ2v) is 5.76. The van der Waals surface area contributed by atoms with Gasteiger partial charge >= 0.3 is 0 Å². The highest BCUT2D eigenvalue weighted by Gasteiger charge is 2.28. The molecule has 1 fully saturated rings. The number of likely N-dealkylation sites (tertiary alicyclic amines) is 1. The number of nitrogens with one attached hydrogen (secondary N) is 1. The fourth-order valence-corrected chi connectivity index (χ4v) is 2.72. The molecule has 3 N–H and O–H groups in total. The minimum atomic E-state index is -0.268. The largest absolute Gasteiger partial charge is 0.369 e. The summed E-state index contributed by atoms with van der Waals surface area (Å²) >= 11 is 6.03. The number of rotatable bonds is 4. The van der Waals surface area contributed by atoms with Crippen molar-refractivity contribution in [2.24, 2.45) is 11.7 Å². The molecule has 0 saturated carbocycles. The number of carbonyl (C=O) groups is 2. The molecule has 1 aliphatic heterocycles. The summed E-state index contributed by atoms with van der Waals surface area (Å²) in [5.74, 6) is -0.413. The van der Waals surface area contributed by atoms with Gasteiger partial charge in [0.15, 0.2) is 0 Å². The monoisotopic (exact) mass is 309 g/mol. The lowest BCUT2D eigenvalue weighted by atomic mass is 9.95. The number of para-hydroxylation sites is 1. The molecule has 1 aliphatic rings. The van der Waals surface area contributed by atoms with Gasteiger partial charge in [0.05, 0.1) is 16.8 Å². The average Bonchev–Trinajstić information content (AvgIpc) is 2.49. The first-order chi connectivity index (χ1) is 9.99. The Morgan fingerprint density at radius 2 is 1.95 bits per heavy atom. The molecule has 1 aromatic carbocycles. The van der Waals surface area contributed by atoms with Gasteiger partial charge in [0.1, 0.15) is 0 Å². The Morgan fingerprint density at radius 1 is 1.33 bits per heavy atom. The number of hydrogen-bond donors (Lipinski definition) is 2. The molecule has 1 aromatic rings. The van der Waals surface area contributed by atoms with Gasteiger partial charge in [-0.25, -0.2) is 0 Å². The zero-order chi connectivity index (χ0) is 15.4. The summed E-state index contributed by atoms with van der Waals surface area (Å²) in [5, 5.41) is 3.36. The van der Waals surface area contributed by atoms with E-state index in [2.05, 4.69) is 10.2 Å². The van der Waals surface area contributed by atoms with Crippen LogP contribution in [0.25, 0.3) is 0 Å². The Kier molecular flexibility index (Phi) is 5.20. The highest BCUT2D eigenvalue weighted by molar-refractivity contribution is 6.33. The number of anilines is 1. The predicted octanol–water partition coefficient (Wildman–Crippen LogP) is 1.86. The van der Waals surface area contributed by atoms with Crippen molar-refractivity contribution >= 4 is 29.1 Å². The molecule has 1 heterocycles. The summed E-state index contributed by atoms with van der Waals surface area (Å²) in [4.78, 5) is 25.5. The number of carbonyl (C=O) groups excluding carboxylic acids is 2. The van der Waals surface area contributed by atoms with Crippen LogP contribution in [0.15, 0.2) is 24.3 Å². The van der Waals surface area contributed by atoms with Crippen LogP contribution in [0.3, 0.4) is 0 Å². The molecule has 21 heavy (non-hydrogen) atoms. The van der Waals surface area contributed by atoms with E-state index in [0.29, 0.717) is 36.6 Å². The lowest BCUT2D eigenvalue weighted by Crippen LogP contribution is -2.47. The van der Waals surface area contributed by atoms with E-state index in [-0.39, 0.29) is 23.8 Å². The molecule has 0 bridgehead atoms. The molecule has 0 radical (unpaired) electrons. The van der Waals surface area contributed by atoms with Gasteiger partial charge in [-0.1, -0.05) is 23.7 Å². The number of halogens is 1.